The molecule has 0 bridgehead atoms. The first-order chi connectivity index (χ1) is 11.6. The summed E-state index contributed by atoms with van der Waals surface area (Å²) >= 11 is 1.64. The van der Waals surface area contributed by atoms with Gasteiger partial charge in [-0.05, 0) is 23.8 Å². The van der Waals surface area contributed by atoms with E-state index < -0.39 is 5.60 Å². The van der Waals surface area contributed by atoms with Crippen molar-refractivity contribution in [3.05, 3.63) is 53.4 Å². The van der Waals surface area contributed by atoms with E-state index >= 15 is 0 Å². The minimum Gasteiger partial charge on any atom is -0.388 e. The Labute approximate surface area is 145 Å². The number of ether oxygens (including phenoxy) is 1. The molecule has 1 aromatic heterocycles. The van der Waals surface area contributed by atoms with Crippen LogP contribution in [0.2, 0.25) is 0 Å². The molecule has 0 saturated carbocycles. The Morgan fingerprint density at radius 2 is 1.96 bits per heavy atom. The third kappa shape index (κ3) is 4.54. The number of nitrogens with one attached hydrogen (secondary N) is 1. The molecule has 0 aliphatic carbocycles. The highest BCUT2D eigenvalue weighted by atomic mass is 32.1. The third-order valence-electron chi connectivity index (χ3n) is 4.10. The normalized spacial score (nSPS) is 17.0. The van der Waals surface area contributed by atoms with Gasteiger partial charge in [-0.15, -0.1) is 11.3 Å². The Hall–Kier alpha value is -1.95. The van der Waals surface area contributed by atoms with Gasteiger partial charge in [0.05, 0.1) is 5.60 Å². The topological polar surface area (TPSA) is 58.6 Å². The highest BCUT2D eigenvalue weighted by molar-refractivity contribution is 7.16. The van der Waals surface area contributed by atoms with Gasteiger partial charge in [0.2, 0.25) is 5.91 Å². The zero-order valence-corrected chi connectivity index (χ0v) is 14.2. The van der Waals surface area contributed by atoms with E-state index in [1.165, 1.54) is 16.5 Å². The van der Waals surface area contributed by atoms with Gasteiger partial charge in [0, 0.05) is 48.4 Å². The third-order valence-corrected chi connectivity index (χ3v) is 5.20. The molecule has 4 nitrogen and oxygen atoms in total. The summed E-state index contributed by atoms with van der Waals surface area (Å²) in [6.45, 7) is 1.35. The maximum Gasteiger partial charge on any atom is 0.244 e. The summed E-state index contributed by atoms with van der Waals surface area (Å²) in [6.07, 6.45) is 4.44. The van der Waals surface area contributed by atoms with Gasteiger partial charge in [-0.2, -0.15) is 0 Å². The number of amides is 1. The second-order valence-corrected chi connectivity index (χ2v) is 7.07. The first kappa shape index (κ1) is 16.9. The maximum atomic E-state index is 11.9. The van der Waals surface area contributed by atoms with E-state index in [2.05, 4.69) is 23.5 Å². The first-order valence-electron chi connectivity index (χ1n) is 8.06. The molecule has 2 N–H and O–H groups in total. The second-order valence-electron chi connectivity index (χ2n) is 5.96. The van der Waals surface area contributed by atoms with Gasteiger partial charge in [-0.1, -0.05) is 30.3 Å². The summed E-state index contributed by atoms with van der Waals surface area (Å²) in [5.41, 5.74) is 0.332. The van der Waals surface area contributed by atoms with Crippen molar-refractivity contribution in [2.75, 3.05) is 19.8 Å². The predicted octanol–water partition coefficient (Wildman–Crippen LogP) is 3.09. The lowest BCUT2D eigenvalue weighted by molar-refractivity contribution is -0.119. The van der Waals surface area contributed by atoms with Crippen molar-refractivity contribution in [2.24, 2.45) is 0 Å². The Kier molecular flexibility index (Phi) is 5.45. The van der Waals surface area contributed by atoms with Crippen LogP contribution in [0.1, 0.15) is 17.7 Å². The minimum atomic E-state index is -0.842. The molecular weight excluding hydrogens is 322 g/mol. The lowest BCUT2D eigenvalue weighted by Gasteiger charge is -2.31. The SMILES string of the molecule is O=C(C=Cc1ccc(-c2ccccc2)s1)NCC1(O)CCOCC1. The fraction of sp³-hybridized carbons (Fsp3) is 0.316. The quantitative estimate of drug-likeness (QED) is 0.820. The molecule has 1 aliphatic rings. The van der Waals surface area contributed by atoms with Gasteiger partial charge in [-0.25, -0.2) is 0 Å². The van der Waals surface area contributed by atoms with Gasteiger partial charge >= 0.3 is 0 Å². The molecule has 126 valence electrons. The van der Waals surface area contributed by atoms with Crippen LogP contribution in [0.3, 0.4) is 0 Å². The second kappa shape index (κ2) is 7.75. The molecule has 2 heterocycles. The number of thiophene rings is 1. The van der Waals surface area contributed by atoms with E-state index in [9.17, 15) is 9.90 Å². The lowest BCUT2D eigenvalue weighted by atomic mass is 9.94. The predicted molar refractivity (Wildman–Crippen MR) is 96.8 cm³/mol. The monoisotopic (exact) mass is 343 g/mol. The molecule has 2 aromatic rings. The minimum absolute atomic E-state index is 0.190. The van der Waals surface area contributed by atoms with Crippen molar-refractivity contribution < 1.29 is 14.6 Å². The van der Waals surface area contributed by atoms with Crippen LogP contribution in [0.5, 0.6) is 0 Å². The maximum absolute atomic E-state index is 11.9. The summed E-state index contributed by atoms with van der Waals surface area (Å²) < 4.78 is 5.23. The number of aliphatic hydroxyl groups is 1. The summed E-state index contributed by atoms with van der Waals surface area (Å²) in [5.74, 6) is -0.190. The van der Waals surface area contributed by atoms with Crippen molar-refractivity contribution in [2.45, 2.75) is 18.4 Å². The average molecular weight is 343 g/mol. The van der Waals surface area contributed by atoms with Gasteiger partial charge in [-0.3, -0.25) is 4.79 Å². The summed E-state index contributed by atoms with van der Waals surface area (Å²) in [7, 11) is 0. The number of benzene rings is 1. The van der Waals surface area contributed by atoms with Crippen LogP contribution in [0.25, 0.3) is 16.5 Å². The Bertz CT molecular complexity index is 702. The summed E-state index contributed by atoms with van der Waals surface area (Å²) in [5, 5.41) is 13.1. The molecule has 24 heavy (non-hydrogen) atoms. The van der Waals surface area contributed by atoms with Crippen LogP contribution >= 0.6 is 11.3 Å². The number of carbonyl (C=O) groups is 1. The van der Waals surface area contributed by atoms with Crippen molar-refractivity contribution in [1.29, 1.82) is 0 Å². The van der Waals surface area contributed by atoms with E-state index in [-0.39, 0.29) is 12.5 Å². The molecule has 1 fully saturated rings. The van der Waals surface area contributed by atoms with Crippen LogP contribution in [-0.2, 0) is 9.53 Å². The van der Waals surface area contributed by atoms with Gasteiger partial charge < -0.3 is 15.2 Å². The molecule has 1 amide bonds. The smallest absolute Gasteiger partial charge is 0.244 e. The number of rotatable bonds is 5. The highest BCUT2D eigenvalue weighted by Crippen LogP contribution is 2.28. The fourth-order valence-corrected chi connectivity index (χ4v) is 3.51. The van der Waals surface area contributed by atoms with E-state index in [0.717, 1.165) is 4.88 Å². The average Bonchev–Trinajstić information content (AvgIpc) is 3.09. The Balaban J connectivity index is 1.54. The zero-order valence-electron chi connectivity index (χ0n) is 13.4. The van der Waals surface area contributed by atoms with Crippen molar-refractivity contribution in [1.82, 2.24) is 5.32 Å². The van der Waals surface area contributed by atoms with Crippen LogP contribution < -0.4 is 5.32 Å². The molecule has 1 saturated heterocycles. The van der Waals surface area contributed by atoms with Gasteiger partial charge in [0.15, 0.2) is 0 Å². The molecule has 0 spiro atoms. The molecule has 5 heteroatoms. The van der Waals surface area contributed by atoms with Gasteiger partial charge in [0.1, 0.15) is 0 Å². The highest BCUT2D eigenvalue weighted by Gasteiger charge is 2.29. The largest absolute Gasteiger partial charge is 0.388 e. The summed E-state index contributed by atoms with van der Waals surface area (Å²) in [6, 6.07) is 14.2. The van der Waals surface area contributed by atoms with Gasteiger partial charge in [0.25, 0.3) is 0 Å². The molecule has 0 atom stereocenters. The summed E-state index contributed by atoms with van der Waals surface area (Å²) in [4.78, 5) is 14.1. The number of hydrogen-bond acceptors (Lipinski definition) is 4. The van der Waals surface area contributed by atoms with Crippen LogP contribution in [0.4, 0.5) is 0 Å². The van der Waals surface area contributed by atoms with E-state index in [4.69, 9.17) is 4.74 Å². The molecule has 1 aliphatic heterocycles. The first-order valence-corrected chi connectivity index (χ1v) is 8.88. The molecule has 0 radical (unpaired) electrons. The lowest BCUT2D eigenvalue weighted by Crippen LogP contribution is -2.46. The molecular formula is C19H21NO3S. The Morgan fingerprint density at radius 3 is 2.71 bits per heavy atom. The van der Waals surface area contributed by atoms with Crippen molar-refractivity contribution >= 4 is 23.3 Å². The van der Waals surface area contributed by atoms with Crippen LogP contribution in [0.15, 0.2) is 48.5 Å². The number of carbonyl (C=O) groups excluding carboxylic acids is 1. The van der Waals surface area contributed by atoms with E-state index in [0.29, 0.717) is 26.1 Å². The van der Waals surface area contributed by atoms with E-state index in [1.807, 2.05) is 24.3 Å². The van der Waals surface area contributed by atoms with Crippen molar-refractivity contribution in [3.63, 3.8) is 0 Å². The standard InChI is InChI=1S/C19H21NO3S/c21-18(20-14-19(22)10-12-23-13-11-19)9-7-16-6-8-17(24-16)15-4-2-1-3-5-15/h1-9,22H,10-14H2,(H,20,21). The number of hydrogen-bond donors (Lipinski definition) is 2. The molecule has 0 unspecified atom stereocenters. The van der Waals surface area contributed by atoms with Crippen LogP contribution in [0, 0.1) is 0 Å². The van der Waals surface area contributed by atoms with E-state index in [1.54, 1.807) is 17.4 Å². The Morgan fingerprint density at radius 1 is 1.21 bits per heavy atom. The molecule has 3 rings (SSSR count). The molecule has 1 aromatic carbocycles. The fourth-order valence-electron chi connectivity index (χ4n) is 2.60. The van der Waals surface area contributed by atoms with Crippen molar-refractivity contribution in [3.8, 4) is 10.4 Å². The van der Waals surface area contributed by atoms with Crippen LogP contribution in [-0.4, -0.2) is 36.4 Å². The zero-order chi connectivity index (χ0) is 16.8.